The second-order valence-corrected chi connectivity index (χ2v) is 5.31. The molecule has 2 nitrogen and oxygen atoms in total. The first-order valence-corrected chi connectivity index (χ1v) is 5.37. The predicted octanol–water partition coefficient (Wildman–Crippen LogP) is 3.01. The molecule has 0 spiro atoms. The van der Waals surface area contributed by atoms with Gasteiger partial charge < -0.3 is 0 Å². The van der Waals surface area contributed by atoms with Gasteiger partial charge in [-0.1, -0.05) is 9.80 Å². The molecule has 0 aliphatic heterocycles. The maximum absolute atomic E-state index is 8.79. The highest BCUT2D eigenvalue weighted by Crippen LogP contribution is 2.54. The molecule has 5 heteroatoms. The van der Waals surface area contributed by atoms with Crippen LogP contribution in [-0.4, -0.2) is 9.11 Å². The van der Waals surface area contributed by atoms with Crippen molar-refractivity contribution in [1.82, 2.24) is 0 Å². The Kier molecular flexibility index (Phi) is 2.03. The minimum Gasteiger partial charge on any atom is -0.280 e. The van der Waals surface area contributed by atoms with Gasteiger partial charge in [0.25, 0.3) is 0 Å². The van der Waals surface area contributed by atoms with E-state index in [2.05, 4.69) is 0 Å². The van der Waals surface area contributed by atoms with Crippen molar-refractivity contribution in [2.75, 3.05) is 0 Å². The molecule has 0 radical (unpaired) electrons. The number of hydrogen-bond acceptors (Lipinski definition) is 3. The van der Waals surface area contributed by atoms with Gasteiger partial charge in [0.05, 0.1) is 0 Å². The molecule has 0 bridgehead atoms. The maximum atomic E-state index is 8.79. The van der Waals surface area contributed by atoms with E-state index in [1.807, 2.05) is 0 Å². The normalized spacial score (nSPS) is 13.7. The van der Waals surface area contributed by atoms with Crippen LogP contribution >= 0.6 is 31.8 Å². The van der Waals surface area contributed by atoms with Gasteiger partial charge in [-0.25, -0.2) is 0 Å². The Labute approximate surface area is 62.9 Å². The van der Waals surface area contributed by atoms with Crippen molar-refractivity contribution < 1.29 is 9.11 Å². The van der Waals surface area contributed by atoms with Crippen LogP contribution in [0, 0.1) is 0 Å². The van der Waals surface area contributed by atoms with Crippen LogP contribution in [0.1, 0.15) is 0 Å². The Morgan fingerprint density at radius 1 is 1.56 bits per heavy atom. The Balaban J connectivity index is 2.90. The summed E-state index contributed by atoms with van der Waals surface area (Å²) >= 11 is 1.23. The topological polar surface area (TPSA) is 40.5 Å². The van der Waals surface area contributed by atoms with Crippen LogP contribution in [0.5, 0.6) is 0 Å². The standard InChI is InChI=1S/C4H5ClO2S2/c5-9(6,7)4-2-1-3-8-4/h1-3,6-7H. The van der Waals surface area contributed by atoms with Crippen LogP contribution in [0.3, 0.4) is 0 Å². The van der Waals surface area contributed by atoms with Gasteiger partial charge in [0.15, 0.2) is 0 Å². The van der Waals surface area contributed by atoms with Crippen LogP contribution in [0.4, 0.5) is 0 Å². The van der Waals surface area contributed by atoms with E-state index >= 15 is 0 Å². The van der Waals surface area contributed by atoms with Gasteiger partial charge in [-0.3, -0.25) is 9.11 Å². The third-order valence-electron chi connectivity index (χ3n) is 0.751. The first-order valence-electron chi connectivity index (χ1n) is 2.12. The second kappa shape index (κ2) is 2.48. The molecule has 0 aliphatic rings. The molecule has 1 rings (SSSR count). The van der Waals surface area contributed by atoms with Crippen molar-refractivity contribution in [2.45, 2.75) is 4.21 Å². The van der Waals surface area contributed by atoms with Crippen molar-refractivity contribution in [3.05, 3.63) is 17.5 Å². The van der Waals surface area contributed by atoms with E-state index in [0.29, 0.717) is 4.21 Å². The van der Waals surface area contributed by atoms with Crippen molar-refractivity contribution >= 4 is 31.8 Å². The van der Waals surface area contributed by atoms with E-state index in [4.69, 9.17) is 19.8 Å². The molecular formula is C4H5ClO2S2. The van der Waals surface area contributed by atoms with Crippen molar-refractivity contribution in [1.29, 1.82) is 0 Å². The van der Waals surface area contributed by atoms with Crippen molar-refractivity contribution in [3.63, 3.8) is 0 Å². The van der Waals surface area contributed by atoms with E-state index in [1.165, 1.54) is 11.3 Å². The van der Waals surface area contributed by atoms with Gasteiger partial charge in [-0.2, -0.15) is 0 Å². The molecule has 0 saturated carbocycles. The van der Waals surface area contributed by atoms with Crippen LogP contribution in [0.15, 0.2) is 21.7 Å². The lowest BCUT2D eigenvalue weighted by Crippen LogP contribution is -1.82. The fourth-order valence-corrected chi connectivity index (χ4v) is 2.25. The Hall–Kier alpha value is 0.260. The summed E-state index contributed by atoms with van der Waals surface area (Å²) in [6.07, 6.45) is 0. The molecule has 1 aromatic heterocycles. The molecule has 52 valence electrons. The molecule has 0 aromatic carbocycles. The van der Waals surface area contributed by atoms with Gasteiger partial charge >= 0.3 is 0 Å². The lowest BCUT2D eigenvalue weighted by Gasteiger charge is -2.19. The Morgan fingerprint density at radius 2 is 2.22 bits per heavy atom. The average molecular weight is 185 g/mol. The molecule has 0 unspecified atom stereocenters. The molecule has 2 N–H and O–H groups in total. The predicted molar refractivity (Wildman–Crippen MR) is 41.3 cm³/mol. The van der Waals surface area contributed by atoms with Crippen molar-refractivity contribution in [3.8, 4) is 0 Å². The van der Waals surface area contributed by atoms with Crippen LogP contribution in [-0.2, 0) is 0 Å². The smallest absolute Gasteiger partial charge is 0.128 e. The summed E-state index contributed by atoms with van der Waals surface area (Å²) < 4.78 is 18.0. The highest BCUT2D eigenvalue weighted by atomic mass is 35.7. The average Bonchev–Trinajstić information content (AvgIpc) is 2.08. The zero-order valence-corrected chi connectivity index (χ0v) is 6.71. The molecule has 1 heterocycles. The molecular weight excluding hydrogens is 180 g/mol. The summed E-state index contributed by atoms with van der Waals surface area (Å²) in [7, 11) is 2.24. The highest BCUT2D eigenvalue weighted by molar-refractivity contribution is 8.43. The SMILES string of the molecule is OS(O)(Cl)c1cccs1. The summed E-state index contributed by atoms with van der Waals surface area (Å²) in [6, 6.07) is 3.31. The zero-order valence-electron chi connectivity index (χ0n) is 4.32. The van der Waals surface area contributed by atoms with E-state index < -0.39 is 9.80 Å². The first kappa shape index (κ1) is 7.37. The van der Waals surface area contributed by atoms with E-state index in [0.717, 1.165) is 0 Å². The largest absolute Gasteiger partial charge is 0.280 e. The highest BCUT2D eigenvalue weighted by Gasteiger charge is 2.10. The van der Waals surface area contributed by atoms with E-state index in [9.17, 15) is 0 Å². The summed E-state index contributed by atoms with van der Waals surface area (Å²) in [5.74, 6) is 0. The quantitative estimate of drug-likeness (QED) is 0.705. The van der Waals surface area contributed by atoms with Crippen LogP contribution in [0.25, 0.3) is 0 Å². The fourth-order valence-electron chi connectivity index (χ4n) is 0.411. The first-order chi connectivity index (χ1) is 4.11. The number of halogens is 1. The Bertz CT molecular complexity index is 179. The van der Waals surface area contributed by atoms with Crippen LogP contribution in [0.2, 0.25) is 0 Å². The molecule has 0 aliphatic carbocycles. The molecule has 9 heavy (non-hydrogen) atoms. The monoisotopic (exact) mass is 184 g/mol. The summed E-state index contributed by atoms with van der Waals surface area (Å²) in [6.45, 7) is 0. The lowest BCUT2D eigenvalue weighted by atomic mass is 10.7. The number of hydrogen-bond donors (Lipinski definition) is 2. The van der Waals surface area contributed by atoms with Gasteiger partial charge in [-0.05, 0) is 17.5 Å². The summed E-state index contributed by atoms with van der Waals surface area (Å²) in [5, 5.41) is 1.74. The minimum atomic E-state index is -2.97. The third kappa shape index (κ3) is 1.84. The summed E-state index contributed by atoms with van der Waals surface area (Å²) in [5.41, 5.74) is 0. The number of thiophene rings is 1. The van der Waals surface area contributed by atoms with E-state index in [1.54, 1.807) is 17.5 Å². The maximum Gasteiger partial charge on any atom is 0.128 e. The fraction of sp³-hybridized carbons (Fsp3) is 0. The molecule has 0 saturated heterocycles. The summed E-state index contributed by atoms with van der Waals surface area (Å²) in [4.78, 5) is 0. The minimum absolute atomic E-state index is 0.421. The number of rotatable bonds is 1. The Morgan fingerprint density at radius 3 is 2.44 bits per heavy atom. The van der Waals surface area contributed by atoms with Gasteiger partial charge in [-0.15, -0.1) is 11.3 Å². The van der Waals surface area contributed by atoms with Gasteiger partial charge in [0.2, 0.25) is 0 Å². The molecule has 0 atom stereocenters. The molecule has 0 fully saturated rings. The van der Waals surface area contributed by atoms with Crippen LogP contribution < -0.4 is 0 Å². The third-order valence-corrected chi connectivity index (χ3v) is 3.82. The van der Waals surface area contributed by atoms with Gasteiger partial charge in [0, 0.05) is 10.7 Å². The van der Waals surface area contributed by atoms with Gasteiger partial charge in [0.1, 0.15) is 4.21 Å². The molecule has 0 amide bonds. The van der Waals surface area contributed by atoms with E-state index in [-0.39, 0.29) is 0 Å². The molecule has 1 aromatic rings. The van der Waals surface area contributed by atoms with Crippen molar-refractivity contribution in [2.24, 2.45) is 0 Å². The zero-order chi connectivity index (χ0) is 6.91. The second-order valence-electron chi connectivity index (χ2n) is 1.41. The lowest BCUT2D eigenvalue weighted by molar-refractivity contribution is 0.510.